The summed E-state index contributed by atoms with van der Waals surface area (Å²) < 4.78 is 59.5. The molecule has 2 rings (SSSR count). The van der Waals surface area contributed by atoms with Crippen LogP contribution in [0.4, 0.5) is 24.7 Å². The van der Waals surface area contributed by atoms with E-state index >= 15 is 0 Å². The van der Waals surface area contributed by atoms with E-state index in [-0.39, 0.29) is 16.1 Å². The van der Waals surface area contributed by atoms with Crippen LogP contribution in [0, 0.1) is 13.8 Å². The number of nitrogens with one attached hydrogen (secondary N) is 1. The van der Waals surface area contributed by atoms with E-state index in [4.69, 9.17) is 9.90 Å². The fourth-order valence-electron chi connectivity index (χ4n) is 2.79. The number of sulfonamides is 1. The van der Waals surface area contributed by atoms with Gasteiger partial charge in [-0.2, -0.15) is 13.2 Å². The van der Waals surface area contributed by atoms with E-state index in [1.807, 2.05) is 13.8 Å². The Balaban J connectivity index is 0.000000718. The zero-order valence-electron chi connectivity index (χ0n) is 19.0. The molecule has 0 saturated heterocycles. The molecule has 0 aliphatic heterocycles. The summed E-state index contributed by atoms with van der Waals surface area (Å²) in [5.41, 5.74) is 1.64. The molecule has 0 aliphatic carbocycles. The molecule has 0 atom stereocenters. The number of pyridine rings is 1. The fourth-order valence-corrected chi connectivity index (χ4v) is 4.05. The normalized spacial score (nSPS) is 11.3. The first-order chi connectivity index (χ1) is 15.6. The van der Waals surface area contributed by atoms with Gasteiger partial charge in [-0.05, 0) is 38.0 Å². The number of halogens is 3. The van der Waals surface area contributed by atoms with Crippen molar-refractivity contribution in [1.82, 2.24) is 4.98 Å². The molecule has 13 heteroatoms. The molecular weight excluding hydrogens is 479 g/mol. The Hall–Kier alpha value is -3.35. The van der Waals surface area contributed by atoms with E-state index in [0.717, 1.165) is 18.4 Å². The number of aryl methyl sites for hydroxylation is 2. The third kappa shape index (κ3) is 8.21. The van der Waals surface area contributed by atoms with Crippen LogP contribution in [-0.2, 0) is 14.8 Å². The number of alkyl halides is 3. The van der Waals surface area contributed by atoms with Gasteiger partial charge in [0.15, 0.2) is 0 Å². The van der Waals surface area contributed by atoms with Crippen molar-refractivity contribution in [3.8, 4) is 0 Å². The lowest BCUT2D eigenvalue weighted by Crippen LogP contribution is -2.23. The van der Waals surface area contributed by atoms with Gasteiger partial charge >= 0.3 is 18.1 Å². The van der Waals surface area contributed by atoms with Crippen molar-refractivity contribution in [2.75, 3.05) is 23.2 Å². The minimum Gasteiger partial charge on any atom is -0.478 e. The Labute approximate surface area is 195 Å². The Bertz CT molecular complexity index is 1140. The number of carbonyl (C=O) groups is 2. The summed E-state index contributed by atoms with van der Waals surface area (Å²) in [6.45, 7) is 6.31. The summed E-state index contributed by atoms with van der Waals surface area (Å²) in [6.07, 6.45) is -1.87. The first-order valence-electron chi connectivity index (χ1n) is 9.94. The van der Waals surface area contributed by atoms with Gasteiger partial charge in [0.25, 0.3) is 10.0 Å². The summed E-state index contributed by atoms with van der Waals surface area (Å²) >= 11 is 0. The summed E-state index contributed by atoms with van der Waals surface area (Å²) in [4.78, 5) is 26.6. The minimum atomic E-state index is -5.08. The number of nitrogens with zero attached hydrogens (tertiary/aromatic N) is 2. The maximum absolute atomic E-state index is 12.7. The van der Waals surface area contributed by atoms with Crippen LogP contribution < -0.4 is 9.62 Å². The van der Waals surface area contributed by atoms with Crippen molar-refractivity contribution in [3.05, 3.63) is 47.2 Å². The highest BCUT2D eigenvalue weighted by atomic mass is 32.2. The smallest absolute Gasteiger partial charge is 0.478 e. The Kier molecular flexibility index (Phi) is 9.85. The van der Waals surface area contributed by atoms with Crippen LogP contribution in [0.3, 0.4) is 0 Å². The second kappa shape index (κ2) is 11.7. The predicted molar refractivity (Wildman–Crippen MR) is 120 cm³/mol. The topological polar surface area (TPSA) is 137 Å². The van der Waals surface area contributed by atoms with Crippen LogP contribution in [0.15, 0.2) is 35.4 Å². The van der Waals surface area contributed by atoms with Gasteiger partial charge < -0.3 is 15.1 Å². The van der Waals surface area contributed by atoms with E-state index in [2.05, 4.69) is 9.71 Å². The minimum absolute atomic E-state index is 0.0468. The van der Waals surface area contributed by atoms with Crippen molar-refractivity contribution in [2.45, 2.75) is 44.7 Å². The third-order valence-corrected chi connectivity index (χ3v) is 5.96. The number of aromatic carboxylic acids is 1. The molecule has 34 heavy (non-hydrogen) atoms. The largest absolute Gasteiger partial charge is 0.490 e. The first kappa shape index (κ1) is 28.7. The van der Waals surface area contributed by atoms with Gasteiger partial charge in [0.1, 0.15) is 11.4 Å². The van der Waals surface area contributed by atoms with Crippen LogP contribution >= 0.6 is 0 Å². The molecule has 0 spiro atoms. The molecule has 0 aliphatic rings. The number of benzene rings is 1. The number of rotatable bonds is 8. The van der Waals surface area contributed by atoms with Gasteiger partial charge in [-0.15, -0.1) is 0 Å². The number of aromatic nitrogens is 1. The molecule has 1 aromatic heterocycles. The fraction of sp³-hybridized carbons (Fsp3) is 0.381. The van der Waals surface area contributed by atoms with Crippen molar-refractivity contribution in [1.29, 1.82) is 0 Å². The Morgan fingerprint density at radius 1 is 1.15 bits per heavy atom. The average Bonchev–Trinajstić information content (AvgIpc) is 2.71. The monoisotopic (exact) mass is 505 g/mol. The molecule has 0 amide bonds. The van der Waals surface area contributed by atoms with Gasteiger partial charge in [0.2, 0.25) is 0 Å². The summed E-state index contributed by atoms with van der Waals surface area (Å²) in [7, 11) is -2.08. The third-order valence-electron chi connectivity index (χ3n) is 4.42. The van der Waals surface area contributed by atoms with Crippen LogP contribution in [0.2, 0.25) is 0 Å². The lowest BCUT2D eigenvalue weighted by molar-refractivity contribution is -0.192. The molecule has 0 radical (unpaired) electrons. The van der Waals surface area contributed by atoms with Gasteiger partial charge in [-0.25, -0.2) is 23.0 Å². The van der Waals surface area contributed by atoms with E-state index in [0.29, 0.717) is 17.9 Å². The van der Waals surface area contributed by atoms with E-state index in [1.165, 1.54) is 18.3 Å². The number of carboxylic acids is 2. The molecule has 0 fully saturated rings. The van der Waals surface area contributed by atoms with Crippen LogP contribution in [0.25, 0.3) is 0 Å². The zero-order chi connectivity index (χ0) is 26.3. The lowest BCUT2D eigenvalue weighted by Gasteiger charge is -2.20. The molecule has 3 N–H and O–H groups in total. The lowest BCUT2D eigenvalue weighted by atomic mass is 10.2. The predicted octanol–water partition coefficient (Wildman–Crippen LogP) is 4.07. The van der Waals surface area contributed by atoms with E-state index in [1.54, 1.807) is 31.0 Å². The van der Waals surface area contributed by atoms with Gasteiger partial charge in [-0.1, -0.05) is 31.0 Å². The first-order valence-corrected chi connectivity index (χ1v) is 11.4. The molecule has 1 heterocycles. The van der Waals surface area contributed by atoms with Crippen molar-refractivity contribution < 1.29 is 41.4 Å². The average molecular weight is 506 g/mol. The van der Waals surface area contributed by atoms with Crippen LogP contribution in [0.1, 0.15) is 41.3 Å². The van der Waals surface area contributed by atoms with E-state index < -0.39 is 28.1 Å². The van der Waals surface area contributed by atoms with Crippen LogP contribution in [0.5, 0.6) is 0 Å². The van der Waals surface area contributed by atoms with Crippen molar-refractivity contribution >= 4 is 33.5 Å². The number of carboxylic acid groups (broad SMARTS) is 2. The second-order valence-electron chi connectivity index (χ2n) is 7.35. The molecule has 9 nitrogen and oxygen atoms in total. The highest BCUT2D eigenvalue weighted by molar-refractivity contribution is 7.92. The number of hydrogen-bond acceptors (Lipinski definition) is 6. The standard InChI is InChI=1S/C19H25N3O4S.C2HF3O2/c1-5-6-9-22(4)18-16(19(23)24)11-15(12-20-18)21-27(25,26)17-8-7-13(2)10-14(17)3;3-2(4,5)1(6)7/h7-8,10-12,21H,5-6,9H2,1-4H3,(H,23,24);(H,6,7). The molecule has 0 saturated carbocycles. The van der Waals surface area contributed by atoms with Gasteiger partial charge in [-0.3, -0.25) is 4.72 Å². The number of hydrogen-bond donors (Lipinski definition) is 3. The molecule has 188 valence electrons. The van der Waals surface area contributed by atoms with Gasteiger partial charge in [0.05, 0.1) is 16.8 Å². The van der Waals surface area contributed by atoms with E-state index in [9.17, 15) is 31.5 Å². The van der Waals surface area contributed by atoms with Crippen molar-refractivity contribution in [3.63, 3.8) is 0 Å². The highest BCUT2D eigenvalue weighted by Gasteiger charge is 2.38. The molecule has 2 aromatic rings. The SMILES string of the molecule is CCCCN(C)c1ncc(NS(=O)(=O)c2ccc(C)cc2C)cc1C(=O)O.O=C(O)C(F)(F)F. The maximum Gasteiger partial charge on any atom is 0.490 e. The quantitative estimate of drug-likeness (QED) is 0.488. The summed E-state index contributed by atoms with van der Waals surface area (Å²) in [6, 6.07) is 6.33. The van der Waals surface area contributed by atoms with Crippen LogP contribution in [-0.4, -0.2) is 55.3 Å². The van der Waals surface area contributed by atoms with Crippen molar-refractivity contribution in [2.24, 2.45) is 0 Å². The second-order valence-corrected chi connectivity index (χ2v) is 9.00. The highest BCUT2D eigenvalue weighted by Crippen LogP contribution is 2.24. The number of aliphatic carboxylic acids is 1. The Morgan fingerprint density at radius 2 is 1.74 bits per heavy atom. The molecule has 0 unspecified atom stereocenters. The zero-order valence-corrected chi connectivity index (χ0v) is 19.8. The summed E-state index contributed by atoms with van der Waals surface area (Å²) in [5, 5.41) is 16.6. The number of unbranched alkanes of at least 4 members (excludes halogenated alkanes) is 1. The summed E-state index contributed by atoms with van der Waals surface area (Å²) in [5.74, 6) is -3.61. The maximum atomic E-state index is 12.7. The number of anilines is 2. The van der Waals surface area contributed by atoms with Gasteiger partial charge in [0, 0.05) is 13.6 Å². The molecular formula is C21H26F3N3O6S. The Morgan fingerprint density at radius 3 is 2.21 bits per heavy atom. The molecule has 0 bridgehead atoms. The molecule has 1 aromatic carbocycles.